The molecule has 4 nitrogen and oxygen atoms in total. The van der Waals surface area contributed by atoms with Gasteiger partial charge < -0.3 is 10.2 Å². The first kappa shape index (κ1) is 17.6. The van der Waals surface area contributed by atoms with Crippen LogP contribution in [0.1, 0.15) is 50.7 Å². The lowest BCUT2D eigenvalue weighted by Crippen LogP contribution is -2.42. The first-order chi connectivity index (χ1) is 11.8. The summed E-state index contributed by atoms with van der Waals surface area (Å²) in [5.41, 5.74) is 3.72. The molecule has 0 aliphatic heterocycles. The van der Waals surface area contributed by atoms with Crippen LogP contribution in [-0.2, 0) is 16.0 Å². The molecule has 2 aliphatic carbocycles. The Morgan fingerprint density at radius 2 is 2.16 bits per heavy atom. The van der Waals surface area contributed by atoms with Crippen LogP contribution in [0.25, 0.3) is 6.08 Å². The van der Waals surface area contributed by atoms with Gasteiger partial charge in [0.15, 0.2) is 5.78 Å². The predicted octanol–water partition coefficient (Wildman–Crippen LogP) is 3.54. The molecule has 132 valence electrons. The molecule has 0 aromatic heterocycles. The van der Waals surface area contributed by atoms with Crippen molar-refractivity contribution in [2.24, 2.45) is 5.41 Å². The van der Waals surface area contributed by atoms with E-state index in [-0.39, 0.29) is 17.6 Å². The number of rotatable bonds is 3. The maximum atomic E-state index is 12.8. The number of allylic oxidation sites excluding steroid dienone is 2. The molecule has 0 spiro atoms. The average Bonchev–Trinajstić information content (AvgIpc) is 2.54. The number of aliphatic carboxylic acids is 1. The van der Waals surface area contributed by atoms with Gasteiger partial charge in [0.25, 0.3) is 0 Å². The molecule has 1 saturated carbocycles. The molecule has 2 aliphatic rings. The standard InChI is InChI=1S/C21H24O4/c1-13-17-7-4-8-18(22)21(17,2)12-16(20(13)25)10-14-5-3-6-15(9-14)11-19(23)24/h3,5-6,9-10,18,22H,4,7-8,11-12H2,1-2H3,(H,23,24)/t18-,21-/m0/s1. The molecule has 1 aromatic carbocycles. The number of Topliss-reactive ketones (excluding diaryl/α,β-unsaturated/α-hetero) is 1. The number of carboxylic acids is 1. The van der Waals surface area contributed by atoms with Gasteiger partial charge in [0.1, 0.15) is 0 Å². The molecule has 4 heteroatoms. The number of carbonyl (C=O) groups excluding carboxylic acids is 1. The number of aliphatic hydroxyl groups is 1. The Kier molecular flexibility index (Phi) is 4.65. The Labute approximate surface area is 147 Å². The van der Waals surface area contributed by atoms with Crippen molar-refractivity contribution in [2.75, 3.05) is 0 Å². The van der Waals surface area contributed by atoms with Crippen LogP contribution in [0.2, 0.25) is 0 Å². The third-order valence-electron chi connectivity index (χ3n) is 5.62. The first-order valence-corrected chi connectivity index (χ1v) is 8.75. The highest BCUT2D eigenvalue weighted by Gasteiger charge is 2.45. The lowest BCUT2D eigenvalue weighted by Gasteiger charge is -2.45. The van der Waals surface area contributed by atoms with E-state index in [1.54, 1.807) is 6.07 Å². The molecule has 2 atom stereocenters. The van der Waals surface area contributed by atoms with Crippen LogP contribution in [-0.4, -0.2) is 28.1 Å². The van der Waals surface area contributed by atoms with E-state index in [0.717, 1.165) is 36.0 Å². The van der Waals surface area contributed by atoms with Crippen LogP contribution >= 0.6 is 0 Å². The molecule has 1 fully saturated rings. The van der Waals surface area contributed by atoms with Crippen LogP contribution in [0, 0.1) is 5.41 Å². The molecule has 0 amide bonds. The summed E-state index contributed by atoms with van der Waals surface area (Å²) in [6.45, 7) is 3.92. The fourth-order valence-electron chi connectivity index (χ4n) is 4.26. The Bertz CT molecular complexity index is 787. The third-order valence-corrected chi connectivity index (χ3v) is 5.62. The summed E-state index contributed by atoms with van der Waals surface area (Å²) in [4.78, 5) is 23.7. The van der Waals surface area contributed by atoms with Crippen LogP contribution < -0.4 is 0 Å². The number of carbonyl (C=O) groups is 2. The highest BCUT2D eigenvalue weighted by molar-refractivity contribution is 6.12. The van der Waals surface area contributed by atoms with Gasteiger partial charge in [0.05, 0.1) is 12.5 Å². The van der Waals surface area contributed by atoms with Crippen molar-refractivity contribution in [3.05, 3.63) is 52.1 Å². The summed E-state index contributed by atoms with van der Waals surface area (Å²) < 4.78 is 0. The highest BCUT2D eigenvalue weighted by Crippen LogP contribution is 2.50. The maximum Gasteiger partial charge on any atom is 0.307 e. The summed E-state index contributed by atoms with van der Waals surface area (Å²) in [6.07, 6.45) is 4.48. The molecular weight excluding hydrogens is 316 g/mol. The number of ketones is 1. The van der Waals surface area contributed by atoms with Crippen molar-refractivity contribution in [2.45, 2.75) is 52.1 Å². The molecule has 0 bridgehead atoms. The SMILES string of the molecule is CC1=C2CCC[C@H](O)[C@@]2(C)CC(=Cc2cccc(CC(=O)O)c2)C1=O. The molecule has 25 heavy (non-hydrogen) atoms. The molecule has 0 heterocycles. The monoisotopic (exact) mass is 340 g/mol. The Hall–Kier alpha value is -2.20. The van der Waals surface area contributed by atoms with Gasteiger partial charge in [-0.1, -0.05) is 36.8 Å². The van der Waals surface area contributed by atoms with Gasteiger partial charge in [-0.2, -0.15) is 0 Å². The van der Waals surface area contributed by atoms with Crippen molar-refractivity contribution in [1.29, 1.82) is 0 Å². The third kappa shape index (κ3) is 3.31. The summed E-state index contributed by atoms with van der Waals surface area (Å²) in [5, 5.41) is 19.5. The molecular formula is C21H24O4. The molecule has 2 N–H and O–H groups in total. The minimum Gasteiger partial charge on any atom is -0.481 e. The molecule has 0 radical (unpaired) electrons. The van der Waals surface area contributed by atoms with E-state index in [1.165, 1.54) is 0 Å². The van der Waals surface area contributed by atoms with Crippen molar-refractivity contribution >= 4 is 17.8 Å². The molecule has 3 rings (SSSR count). The Morgan fingerprint density at radius 1 is 1.40 bits per heavy atom. The second kappa shape index (κ2) is 6.60. The van der Waals surface area contributed by atoms with Gasteiger partial charge >= 0.3 is 5.97 Å². The van der Waals surface area contributed by atoms with E-state index in [2.05, 4.69) is 6.92 Å². The van der Waals surface area contributed by atoms with Crippen LogP contribution in [0.4, 0.5) is 0 Å². The van der Waals surface area contributed by atoms with E-state index >= 15 is 0 Å². The summed E-state index contributed by atoms with van der Waals surface area (Å²) >= 11 is 0. The largest absolute Gasteiger partial charge is 0.481 e. The minimum absolute atomic E-state index is 0.0372. The fraction of sp³-hybridized carbons (Fsp3) is 0.429. The van der Waals surface area contributed by atoms with Gasteiger partial charge in [0.2, 0.25) is 0 Å². The lowest BCUT2D eigenvalue weighted by molar-refractivity contribution is -0.136. The second-order valence-corrected chi connectivity index (χ2v) is 7.42. The number of carboxylic acid groups (broad SMARTS) is 1. The van der Waals surface area contributed by atoms with E-state index in [1.807, 2.05) is 31.2 Å². The number of hydrogen-bond acceptors (Lipinski definition) is 3. The maximum absolute atomic E-state index is 12.8. The van der Waals surface area contributed by atoms with Gasteiger partial charge in [-0.25, -0.2) is 0 Å². The highest BCUT2D eigenvalue weighted by atomic mass is 16.4. The Balaban J connectivity index is 1.98. The summed E-state index contributed by atoms with van der Waals surface area (Å²) in [7, 11) is 0. The lowest BCUT2D eigenvalue weighted by atomic mass is 9.61. The van der Waals surface area contributed by atoms with E-state index in [0.29, 0.717) is 17.6 Å². The second-order valence-electron chi connectivity index (χ2n) is 7.42. The smallest absolute Gasteiger partial charge is 0.307 e. The van der Waals surface area contributed by atoms with E-state index in [9.17, 15) is 14.7 Å². The van der Waals surface area contributed by atoms with Gasteiger partial charge in [0, 0.05) is 11.0 Å². The van der Waals surface area contributed by atoms with Gasteiger partial charge in [-0.15, -0.1) is 0 Å². The Morgan fingerprint density at radius 3 is 2.88 bits per heavy atom. The van der Waals surface area contributed by atoms with Crippen molar-refractivity contribution < 1.29 is 19.8 Å². The normalized spacial score (nSPS) is 28.2. The summed E-state index contributed by atoms with van der Waals surface area (Å²) in [6, 6.07) is 7.26. The van der Waals surface area contributed by atoms with Gasteiger partial charge in [-0.3, -0.25) is 9.59 Å². The summed E-state index contributed by atoms with van der Waals surface area (Å²) in [5.74, 6) is -0.829. The minimum atomic E-state index is -0.875. The van der Waals surface area contributed by atoms with Gasteiger partial charge in [-0.05, 0) is 55.4 Å². The predicted molar refractivity (Wildman–Crippen MR) is 96.0 cm³/mol. The first-order valence-electron chi connectivity index (χ1n) is 8.75. The molecule has 0 saturated heterocycles. The van der Waals surface area contributed by atoms with Crippen LogP contribution in [0.3, 0.4) is 0 Å². The van der Waals surface area contributed by atoms with Crippen LogP contribution in [0.15, 0.2) is 41.0 Å². The zero-order valence-corrected chi connectivity index (χ0v) is 14.7. The number of aliphatic hydroxyl groups excluding tert-OH is 1. The average molecular weight is 340 g/mol. The quantitative estimate of drug-likeness (QED) is 0.826. The molecule has 1 aromatic rings. The van der Waals surface area contributed by atoms with Crippen molar-refractivity contribution in [1.82, 2.24) is 0 Å². The fourth-order valence-corrected chi connectivity index (χ4v) is 4.26. The molecule has 0 unspecified atom stereocenters. The number of hydrogen-bond donors (Lipinski definition) is 2. The van der Waals surface area contributed by atoms with Crippen LogP contribution in [0.5, 0.6) is 0 Å². The van der Waals surface area contributed by atoms with E-state index in [4.69, 9.17) is 5.11 Å². The van der Waals surface area contributed by atoms with Crippen molar-refractivity contribution in [3.8, 4) is 0 Å². The van der Waals surface area contributed by atoms with Crippen molar-refractivity contribution in [3.63, 3.8) is 0 Å². The number of fused-ring (bicyclic) bond motifs is 1. The number of benzene rings is 1. The zero-order valence-electron chi connectivity index (χ0n) is 14.7. The topological polar surface area (TPSA) is 74.6 Å². The van der Waals surface area contributed by atoms with E-state index < -0.39 is 12.1 Å². The zero-order chi connectivity index (χ0) is 18.2.